The molecule has 3 amide bonds. The number of anilines is 1. The van der Waals surface area contributed by atoms with Gasteiger partial charge in [0.2, 0.25) is 10.0 Å². The number of nitrogens with zero attached hydrogens (tertiary/aromatic N) is 2. The Morgan fingerprint density at radius 1 is 1.18 bits per heavy atom. The summed E-state index contributed by atoms with van der Waals surface area (Å²) in [6.45, 7) is -0.261. The van der Waals surface area contributed by atoms with E-state index in [-0.39, 0.29) is 68.6 Å². The van der Waals surface area contributed by atoms with Gasteiger partial charge in [-0.15, -0.1) is 0 Å². The van der Waals surface area contributed by atoms with Crippen molar-refractivity contribution in [2.75, 3.05) is 37.3 Å². The number of carbonyl (C=O) groups excluding carboxylic acids is 2. The number of aryl methyl sites for hydroxylation is 1. The van der Waals surface area contributed by atoms with E-state index in [0.29, 0.717) is 5.84 Å². The summed E-state index contributed by atoms with van der Waals surface area (Å²) in [7, 11) is -3.90. The molecule has 0 unspecified atom stereocenters. The van der Waals surface area contributed by atoms with Crippen molar-refractivity contribution in [3.05, 3.63) is 29.3 Å². The molecule has 1 saturated carbocycles. The number of piperidine rings is 1. The van der Waals surface area contributed by atoms with Crippen LogP contribution in [-0.4, -0.2) is 73.1 Å². The van der Waals surface area contributed by atoms with Gasteiger partial charge in [0.15, 0.2) is 0 Å². The van der Waals surface area contributed by atoms with Crippen LogP contribution in [-0.2, 0) is 27.4 Å². The Kier molecular flexibility index (Phi) is 8.86. The third-order valence-corrected chi connectivity index (χ3v) is 9.51. The molecule has 14 heteroatoms. The number of aliphatic hydroxyl groups excluding tert-OH is 1. The Labute approximate surface area is 225 Å². The van der Waals surface area contributed by atoms with Crippen LogP contribution in [0.2, 0.25) is 0 Å². The lowest BCUT2D eigenvalue weighted by atomic mass is 9.88. The van der Waals surface area contributed by atoms with Gasteiger partial charge in [-0.1, -0.05) is 25.3 Å². The highest BCUT2D eigenvalue weighted by molar-refractivity contribution is 7.89. The van der Waals surface area contributed by atoms with Gasteiger partial charge >= 0.3 is 12.2 Å². The van der Waals surface area contributed by atoms with Gasteiger partial charge in [0, 0.05) is 31.2 Å². The fourth-order valence-corrected chi connectivity index (χ4v) is 6.91. The summed E-state index contributed by atoms with van der Waals surface area (Å²) in [4.78, 5) is 29.3. The average molecular weight is 574 g/mol. The number of amidine groups is 1. The number of hydrogen-bond acceptors (Lipinski definition) is 6. The summed E-state index contributed by atoms with van der Waals surface area (Å²) < 4.78 is 68.6. The fourth-order valence-electron chi connectivity index (χ4n) is 5.43. The van der Waals surface area contributed by atoms with Crippen molar-refractivity contribution in [1.29, 1.82) is 0 Å². The van der Waals surface area contributed by atoms with E-state index in [1.807, 2.05) is 0 Å². The van der Waals surface area contributed by atoms with Crippen LogP contribution in [0.4, 0.5) is 23.7 Å². The van der Waals surface area contributed by atoms with Crippen molar-refractivity contribution in [2.24, 2.45) is 10.9 Å². The van der Waals surface area contributed by atoms with Crippen molar-refractivity contribution in [1.82, 2.24) is 14.9 Å². The van der Waals surface area contributed by atoms with E-state index in [1.165, 1.54) is 16.8 Å². The van der Waals surface area contributed by atoms with Crippen LogP contribution in [0, 0.1) is 5.92 Å². The van der Waals surface area contributed by atoms with Crippen LogP contribution in [0.1, 0.15) is 56.1 Å². The molecule has 39 heavy (non-hydrogen) atoms. The molecular formula is C25H34F3N5O5S. The molecule has 1 aromatic carbocycles. The Hall–Kier alpha value is -2.71. The van der Waals surface area contributed by atoms with Gasteiger partial charge in [0.05, 0.1) is 17.9 Å². The third kappa shape index (κ3) is 6.90. The van der Waals surface area contributed by atoms with Gasteiger partial charge in [-0.2, -0.15) is 13.2 Å². The maximum atomic E-state index is 13.7. The van der Waals surface area contributed by atoms with Crippen molar-refractivity contribution in [3.8, 4) is 0 Å². The maximum Gasteiger partial charge on any atom is 0.416 e. The van der Waals surface area contributed by atoms with Crippen molar-refractivity contribution >= 4 is 33.5 Å². The second-order valence-corrected chi connectivity index (χ2v) is 12.3. The maximum absolute atomic E-state index is 13.7. The number of aliphatic hydroxyl groups is 1. The molecule has 0 bridgehead atoms. The molecule has 1 saturated heterocycles. The largest absolute Gasteiger partial charge is 0.416 e. The topological polar surface area (TPSA) is 140 Å². The van der Waals surface area contributed by atoms with E-state index in [1.54, 1.807) is 0 Å². The van der Waals surface area contributed by atoms with Crippen LogP contribution in [0.3, 0.4) is 0 Å². The zero-order valence-electron chi connectivity index (χ0n) is 21.5. The summed E-state index contributed by atoms with van der Waals surface area (Å²) in [5.41, 5.74) is -2.34. The predicted octanol–water partition coefficient (Wildman–Crippen LogP) is 2.63. The van der Waals surface area contributed by atoms with Crippen LogP contribution in [0.15, 0.2) is 23.2 Å². The number of halogens is 3. The van der Waals surface area contributed by atoms with Gasteiger partial charge in [-0.05, 0) is 49.8 Å². The lowest BCUT2D eigenvalue weighted by Gasteiger charge is -2.34. The summed E-state index contributed by atoms with van der Waals surface area (Å²) >= 11 is 0. The van der Waals surface area contributed by atoms with Gasteiger partial charge in [-0.3, -0.25) is 9.79 Å². The number of alkyl halides is 3. The molecule has 1 aromatic rings. The first-order valence-electron chi connectivity index (χ1n) is 13.2. The quantitative estimate of drug-likeness (QED) is 0.379. The second-order valence-electron chi connectivity index (χ2n) is 10.3. The van der Waals surface area contributed by atoms with E-state index in [0.717, 1.165) is 37.8 Å². The summed E-state index contributed by atoms with van der Waals surface area (Å²) in [5.74, 6) is 0.201. The van der Waals surface area contributed by atoms with Crippen LogP contribution < -0.4 is 16.0 Å². The molecule has 2 fully saturated rings. The summed E-state index contributed by atoms with van der Waals surface area (Å²) in [6, 6.07) is 2.39. The molecule has 216 valence electrons. The van der Waals surface area contributed by atoms with E-state index in [9.17, 15) is 31.2 Å². The molecule has 2 heterocycles. The number of hydrogen-bond donors (Lipinski definition) is 4. The lowest BCUT2D eigenvalue weighted by molar-refractivity contribution is -0.138. The number of nitrogens with one attached hydrogen (secondary N) is 3. The smallest absolute Gasteiger partial charge is 0.395 e. The molecule has 0 atom stereocenters. The van der Waals surface area contributed by atoms with Gasteiger partial charge in [0.25, 0.3) is 5.91 Å². The zero-order valence-corrected chi connectivity index (χ0v) is 22.3. The molecule has 0 aromatic heterocycles. The molecule has 4 N–H and O–H groups in total. The fraction of sp³-hybridized carbons (Fsp3) is 0.640. The predicted molar refractivity (Wildman–Crippen MR) is 139 cm³/mol. The number of amides is 3. The first kappa shape index (κ1) is 29.3. The molecular weight excluding hydrogens is 539 g/mol. The average Bonchev–Trinajstić information content (AvgIpc) is 3.22. The molecule has 3 aliphatic rings. The van der Waals surface area contributed by atoms with E-state index >= 15 is 0 Å². The molecule has 1 spiro atoms. The molecule has 1 aliphatic carbocycles. The Balaban J connectivity index is 1.39. The summed E-state index contributed by atoms with van der Waals surface area (Å²) in [6.07, 6.45) is 0.611. The van der Waals surface area contributed by atoms with Crippen LogP contribution >= 0.6 is 0 Å². The standard InChI is InChI=1S/C25H34F3N5O5S/c26-25(27,28)20-16-19(30-23(36)29-11-14-34)7-6-17(20)8-15-39(37,38)33-12-9-24(10-13-33)22(35)31-21(32-24)18-4-2-1-3-5-18/h6-7,16,18,34H,1-5,8-15H2,(H2,29,30,36)(H,31,32,35). The number of benzene rings is 1. The molecule has 0 radical (unpaired) electrons. The number of aliphatic imine (C=N–C) groups is 1. The van der Waals surface area contributed by atoms with Gasteiger partial charge in [0.1, 0.15) is 11.4 Å². The molecule has 4 rings (SSSR count). The minimum Gasteiger partial charge on any atom is -0.395 e. The third-order valence-electron chi connectivity index (χ3n) is 7.63. The minimum atomic E-state index is -4.76. The number of rotatable bonds is 8. The highest BCUT2D eigenvalue weighted by Gasteiger charge is 2.48. The van der Waals surface area contributed by atoms with Crippen molar-refractivity contribution in [3.63, 3.8) is 0 Å². The van der Waals surface area contributed by atoms with Crippen LogP contribution in [0.25, 0.3) is 0 Å². The lowest BCUT2D eigenvalue weighted by Crippen LogP contribution is -2.51. The number of carbonyl (C=O) groups is 2. The second kappa shape index (κ2) is 11.8. The van der Waals surface area contributed by atoms with Gasteiger partial charge < -0.3 is 21.1 Å². The summed E-state index contributed by atoms with van der Waals surface area (Å²) in [5, 5.41) is 16.2. The van der Waals surface area contributed by atoms with E-state index in [2.05, 4.69) is 16.0 Å². The highest BCUT2D eigenvalue weighted by Crippen LogP contribution is 2.36. The van der Waals surface area contributed by atoms with E-state index in [4.69, 9.17) is 10.1 Å². The Morgan fingerprint density at radius 3 is 2.51 bits per heavy atom. The highest BCUT2D eigenvalue weighted by atomic mass is 32.2. The van der Waals surface area contributed by atoms with Gasteiger partial charge in [-0.25, -0.2) is 17.5 Å². The first-order chi connectivity index (χ1) is 18.4. The Morgan fingerprint density at radius 2 is 1.87 bits per heavy atom. The van der Waals surface area contributed by atoms with E-state index < -0.39 is 39.1 Å². The Bertz CT molecular complexity index is 1210. The normalized spacial score (nSPS) is 20.5. The number of urea groups is 1. The zero-order chi connectivity index (χ0) is 28.3. The van der Waals surface area contributed by atoms with Crippen molar-refractivity contribution in [2.45, 2.75) is 63.1 Å². The monoisotopic (exact) mass is 573 g/mol. The minimum absolute atomic E-state index is 0.0646. The molecule has 10 nitrogen and oxygen atoms in total. The van der Waals surface area contributed by atoms with Crippen LogP contribution in [0.5, 0.6) is 0 Å². The van der Waals surface area contributed by atoms with Crippen molar-refractivity contribution < 1.29 is 36.3 Å². The first-order valence-corrected chi connectivity index (χ1v) is 14.8. The molecule has 2 aliphatic heterocycles. The number of sulfonamides is 1. The SMILES string of the molecule is O=C(NCCO)Nc1ccc(CCS(=O)(=O)N2CCC3(CC2)N=C(C2CCCCC2)NC3=O)c(C(F)(F)F)c1.